The van der Waals surface area contributed by atoms with Crippen LogP contribution < -0.4 is 10.0 Å². The van der Waals surface area contributed by atoms with Crippen molar-refractivity contribution < 1.29 is 13.2 Å². The maximum Gasteiger partial charge on any atom is 0.241 e. The highest BCUT2D eigenvalue weighted by atomic mass is 32.2. The van der Waals surface area contributed by atoms with Gasteiger partial charge in [-0.3, -0.25) is 9.69 Å². The lowest BCUT2D eigenvalue weighted by molar-refractivity contribution is -0.122. The fourth-order valence-electron chi connectivity index (χ4n) is 3.23. The van der Waals surface area contributed by atoms with E-state index in [1.807, 2.05) is 25.3 Å². The number of hydrogen-bond donors (Lipinski definition) is 2. The Morgan fingerprint density at radius 2 is 1.59 bits per heavy atom. The van der Waals surface area contributed by atoms with Crippen LogP contribution in [0, 0.1) is 6.92 Å². The normalized spacial score (nSPS) is 12.7. The van der Waals surface area contributed by atoms with Crippen LogP contribution >= 0.6 is 11.8 Å². The quantitative estimate of drug-likeness (QED) is 0.461. The average Bonchev–Trinajstić information content (AvgIpc) is 2.79. The maximum absolute atomic E-state index is 12.8. The van der Waals surface area contributed by atoms with Crippen molar-refractivity contribution in [1.29, 1.82) is 0 Å². The maximum atomic E-state index is 12.8. The van der Waals surface area contributed by atoms with Gasteiger partial charge < -0.3 is 5.32 Å². The number of carbonyl (C=O) groups excluding carboxylic acids is 1. The lowest BCUT2D eigenvalue weighted by Gasteiger charge is -2.19. The van der Waals surface area contributed by atoms with E-state index in [4.69, 9.17) is 0 Å². The molecule has 0 aliphatic heterocycles. The first kappa shape index (κ1) is 26.4. The van der Waals surface area contributed by atoms with E-state index in [1.165, 1.54) is 5.56 Å². The first-order valence-electron chi connectivity index (χ1n) is 10.9. The fourth-order valence-corrected chi connectivity index (χ4v) is 4.93. The summed E-state index contributed by atoms with van der Waals surface area (Å²) >= 11 is 1.58. The number of carbonyl (C=O) groups is 1. The van der Waals surface area contributed by atoms with E-state index < -0.39 is 16.1 Å². The Hall–Kier alpha value is -1.87. The lowest BCUT2D eigenvalue weighted by atomic mass is 10.1. The molecule has 6 nitrogen and oxygen atoms in total. The second-order valence-electron chi connectivity index (χ2n) is 7.76. The minimum absolute atomic E-state index is 0.161. The molecule has 2 N–H and O–H groups in total. The van der Waals surface area contributed by atoms with Gasteiger partial charge in [-0.15, -0.1) is 0 Å². The van der Waals surface area contributed by atoms with Crippen LogP contribution in [0.15, 0.2) is 53.4 Å². The summed E-state index contributed by atoms with van der Waals surface area (Å²) in [4.78, 5) is 15.3. The average molecular weight is 478 g/mol. The molecule has 0 aromatic heterocycles. The van der Waals surface area contributed by atoms with Gasteiger partial charge in [-0.05, 0) is 61.7 Å². The third-order valence-corrected chi connectivity index (χ3v) is 7.48. The third kappa shape index (κ3) is 8.24. The number of aryl methyl sites for hydroxylation is 1. The van der Waals surface area contributed by atoms with Gasteiger partial charge in [0.25, 0.3) is 0 Å². The minimum Gasteiger partial charge on any atom is -0.351 e. The van der Waals surface area contributed by atoms with Crippen LogP contribution in [0.4, 0.5) is 0 Å². The zero-order chi connectivity index (χ0) is 23.6. The number of nitrogens with one attached hydrogen (secondary N) is 2. The van der Waals surface area contributed by atoms with E-state index in [2.05, 4.69) is 40.9 Å². The van der Waals surface area contributed by atoms with E-state index in [0.717, 1.165) is 30.8 Å². The third-order valence-electron chi connectivity index (χ3n) is 5.35. The summed E-state index contributed by atoms with van der Waals surface area (Å²) in [7, 11) is -3.78. The molecule has 1 amide bonds. The molecule has 2 aromatic rings. The molecule has 0 aliphatic rings. The van der Waals surface area contributed by atoms with Crippen LogP contribution in [0.1, 0.15) is 37.0 Å². The highest BCUT2D eigenvalue weighted by Crippen LogP contribution is 2.13. The predicted octanol–water partition coefficient (Wildman–Crippen LogP) is 3.55. The Labute approximate surface area is 197 Å². The molecule has 2 rings (SSSR count). The topological polar surface area (TPSA) is 78.5 Å². The van der Waals surface area contributed by atoms with E-state index >= 15 is 0 Å². The molecule has 0 fully saturated rings. The van der Waals surface area contributed by atoms with Crippen molar-refractivity contribution in [2.75, 3.05) is 25.1 Å². The SMILES string of the molecule is CCN(CC)Cc1ccc(CNC(=O)C(CCSC)NS(=O)(=O)c2ccc(C)cc2)cc1. The molecule has 1 atom stereocenters. The summed E-state index contributed by atoms with van der Waals surface area (Å²) < 4.78 is 28.1. The molecule has 32 heavy (non-hydrogen) atoms. The number of benzene rings is 2. The van der Waals surface area contributed by atoms with Crippen molar-refractivity contribution in [3.05, 3.63) is 65.2 Å². The van der Waals surface area contributed by atoms with Gasteiger partial charge >= 0.3 is 0 Å². The Bertz CT molecular complexity index is 941. The van der Waals surface area contributed by atoms with E-state index in [1.54, 1.807) is 36.0 Å². The Balaban J connectivity index is 2.01. The Morgan fingerprint density at radius 3 is 2.16 bits per heavy atom. The number of thioether (sulfide) groups is 1. The molecule has 0 saturated carbocycles. The molecule has 1 unspecified atom stereocenters. The second kappa shape index (κ2) is 13.0. The smallest absolute Gasteiger partial charge is 0.241 e. The van der Waals surface area contributed by atoms with Gasteiger partial charge in [0.15, 0.2) is 0 Å². The van der Waals surface area contributed by atoms with Crippen molar-refractivity contribution in [2.24, 2.45) is 0 Å². The van der Waals surface area contributed by atoms with Crippen LogP contribution in [0.25, 0.3) is 0 Å². The van der Waals surface area contributed by atoms with E-state index in [-0.39, 0.29) is 10.8 Å². The van der Waals surface area contributed by atoms with E-state index in [0.29, 0.717) is 18.7 Å². The van der Waals surface area contributed by atoms with Gasteiger partial charge in [-0.25, -0.2) is 8.42 Å². The van der Waals surface area contributed by atoms with Crippen LogP contribution in [-0.4, -0.2) is 50.4 Å². The van der Waals surface area contributed by atoms with Gasteiger partial charge in [0.1, 0.15) is 6.04 Å². The van der Waals surface area contributed by atoms with Crippen LogP contribution in [0.5, 0.6) is 0 Å². The number of rotatable bonds is 13. The van der Waals surface area contributed by atoms with Crippen LogP contribution in [0.3, 0.4) is 0 Å². The molecular formula is C24H35N3O3S2. The summed E-state index contributed by atoms with van der Waals surface area (Å²) in [6, 6.07) is 13.9. The summed E-state index contributed by atoms with van der Waals surface area (Å²) in [5, 5.41) is 2.89. The van der Waals surface area contributed by atoms with Crippen molar-refractivity contribution in [3.63, 3.8) is 0 Å². The number of nitrogens with zero attached hydrogens (tertiary/aromatic N) is 1. The standard InChI is InChI=1S/C24H35N3O3S2/c1-5-27(6-2)18-21-11-9-20(10-12-21)17-25-24(28)23(15-16-31-4)26-32(29,30)22-13-7-19(3)8-14-22/h7-14,23,26H,5-6,15-18H2,1-4H3,(H,25,28). The van der Waals surface area contributed by atoms with Crippen molar-refractivity contribution in [3.8, 4) is 0 Å². The molecule has 0 spiro atoms. The van der Waals surface area contributed by atoms with Crippen molar-refractivity contribution in [2.45, 2.75) is 51.2 Å². The largest absolute Gasteiger partial charge is 0.351 e. The van der Waals surface area contributed by atoms with Gasteiger partial charge in [0.05, 0.1) is 4.90 Å². The first-order valence-corrected chi connectivity index (χ1v) is 13.8. The minimum atomic E-state index is -3.78. The van der Waals surface area contributed by atoms with E-state index in [9.17, 15) is 13.2 Å². The van der Waals surface area contributed by atoms with Gasteiger partial charge in [-0.1, -0.05) is 55.8 Å². The molecule has 176 valence electrons. The Morgan fingerprint density at radius 1 is 1.00 bits per heavy atom. The van der Waals surface area contributed by atoms with Gasteiger partial charge in [0, 0.05) is 13.1 Å². The zero-order valence-electron chi connectivity index (χ0n) is 19.4. The number of hydrogen-bond acceptors (Lipinski definition) is 5. The van der Waals surface area contributed by atoms with Gasteiger partial charge in [0.2, 0.25) is 15.9 Å². The summed E-state index contributed by atoms with van der Waals surface area (Å²) in [5.41, 5.74) is 3.18. The molecule has 0 heterocycles. The Kier molecular flexibility index (Phi) is 10.7. The number of sulfonamides is 1. The summed E-state index contributed by atoms with van der Waals surface area (Å²) in [6.07, 6.45) is 2.35. The second-order valence-corrected chi connectivity index (χ2v) is 10.5. The highest BCUT2D eigenvalue weighted by molar-refractivity contribution is 7.98. The molecule has 0 saturated heterocycles. The predicted molar refractivity (Wildman–Crippen MR) is 133 cm³/mol. The molecule has 2 aromatic carbocycles. The van der Waals surface area contributed by atoms with Crippen molar-refractivity contribution >= 4 is 27.7 Å². The van der Waals surface area contributed by atoms with Gasteiger partial charge in [-0.2, -0.15) is 16.5 Å². The fraction of sp³-hybridized carbons (Fsp3) is 0.458. The number of amides is 1. The first-order chi connectivity index (χ1) is 15.3. The monoisotopic (exact) mass is 477 g/mol. The zero-order valence-corrected chi connectivity index (χ0v) is 21.1. The summed E-state index contributed by atoms with van der Waals surface area (Å²) in [5.74, 6) is 0.358. The lowest BCUT2D eigenvalue weighted by Crippen LogP contribution is -2.46. The molecule has 0 aliphatic carbocycles. The van der Waals surface area contributed by atoms with Crippen LogP contribution in [-0.2, 0) is 27.9 Å². The molecule has 8 heteroatoms. The molecule has 0 radical (unpaired) electrons. The molecular weight excluding hydrogens is 442 g/mol. The van der Waals surface area contributed by atoms with Crippen molar-refractivity contribution in [1.82, 2.24) is 14.9 Å². The van der Waals surface area contributed by atoms with Crippen LogP contribution in [0.2, 0.25) is 0 Å². The molecule has 0 bridgehead atoms. The summed E-state index contributed by atoms with van der Waals surface area (Å²) in [6.45, 7) is 9.45. The highest BCUT2D eigenvalue weighted by Gasteiger charge is 2.25.